The number of aromatic nitrogens is 1. The van der Waals surface area contributed by atoms with Crippen LogP contribution in [0.5, 0.6) is 0 Å². The Labute approximate surface area is 112 Å². The van der Waals surface area contributed by atoms with Gasteiger partial charge in [0.15, 0.2) is 0 Å². The zero-order valence-electron chi connectivity index (χ0n) is 11.5. The summed E-state index contributed by atoms with van der Waals surface area (Å²) in [6, 6.07) is 7.51. The quantitative estimate of drug-likeness (QED) is 0.789. The molecule has 0 aliphatic rings. The van der Waals surface area contributed by atoms with Crippen LogP contribution in [0.3, 0.4) is 0 Å². The van der Waals surface area contributed by atoms with Crippen LogP contribution in [0.25, 0.3) is 10.9 Å². The number of hydrogen-bond donors (Lipinski definition) is 3. The van der Waals surface area contributed by atoms with Crippen molar-refractivity contribution in [3.05, 3.63) is 36.0 Å². The molecule has 0 spiro atoms. The summed E-state index contributed by atoms with van der Waals surface area (Å²) >= 11 is 0. The third-order valence-corrected chi connectivity index (χ3v) is 3.68. The molecule has 0 aliphatic heterocycles. The Bertz CT molecular complexity index is 585. The molecule has 0 fully saturated rings. The molecular weight excluding hydrogens is 240 g/mol. The van der Waals surface area contributed by atoms with Gasteiger partial charge in [-0.2, -0.15) is 0 Å². The van der Waals surface area contributed by atoms with Gasteiger partial charge in [-0.25, -0.2) is 0 Å². The highest BCUT2D eigenvalue weighted by Crippen LogP contribution is 2.18. The molecule has 4 heteroatoms. The van der Waals surface area contributed by atoms with Crippen LogP contribution in [-0.4, -0.2) is 28.1 Å². The number of nitrogens with one attached hydrogen (secondary N) is 2. The number of H-pyrrole nitrogens is 1. The second-order valence-corrected chi connectivity index (χ2v) is 5.44. The van der Waals surface area contributed by atoms with Crippen LogP contribution in [0.2, 0.25) is 0 Å². The number of rotatable bonds is 4. The monoisotopic (exact) mass is 260 g/mol. The van der Waals surface area contributed by atoms with Gasteiger partial charge in [-0.1, -0.05) is 26.0 Å². The van der Waals surface area contributed by atoms with Crippen molar-refractivity contribution in [1.82, 2.24) is 10.3 Å². The normalized spacial score (nSPS) is 14.6. The molecule has 0 radical (unpaired) electrons. The summed E-state index contributed by atoms with van der Waals surface area (Å²) in [7, 11) is 0. The molecule has 0 aliphatic carbocycles. The van der Waals surface area contributed by atoms with Gasteiger partial charge in [0.05, 0.1) is 16.7 Å². The first kappa shape index (κ1) is 13.6. The lowest BCUT2D eigenvalue weighted by Crippen LogP contribution is -2.44. The van der Waals surface area contributed by atoms with Crippen LogP contribution in [0, 0.1) is 5.92 Å². The SMILES string of the molecule is CC(C)C(C)(O)CNC(=O)c1cccc2cc[nH]c12. The van der Waals surface area contributed by atoms with E-state index < -0.39 is 5.60 Å². The minimum Gasteiger partial charge on any atom is -0.388 e. The molecule has 1 aromatic carbocycles. The lowest BCUT2D eigenvalue weighted by Gasteiger charge is -2.27. The number of carbonyl (C=O) groups excluding carboxylic acids is 1. The van der Waals surface area contributed by atoms with Crippen molar-refractivity contribution in [3.63, 3.8) is 0 Å². The number of para-hydroxylation sites is 1. The summed E-state index contributed by atoms with van der Waals surface area (Å²) in [5.74, 6) is -0.0944. The number of fused-ring (bicyclic) bond motifs is 1. The molecule has 4 nitrogen and oxygen atoms in total. The van der Waals surface area contributed by atoms with Crippen LogP contribution < -0.4 is 5.32 Å². The fourth-order valence-electron chi connectivity index (χ4n) is 1.83. The first-order chi connectivity index (χ1) is 8.92. The summed E-state index contributed by atoms with van der Waals surface area (Å²) in [5.41, 5.74) is 0.519. The number of hydrogen-bond acceptors (Lipinski definition) is 2. The summed E-state index contributed by atoms with van der Waals surface area (Å²) in [6.45, 7) is 5.82. The van der Waals surface area contributed by atoms with Crippen molar-refractivity contribution in [1.29, 1.82) is 0 Å². The molecule has 102 valence electrons. The molecule has 2 rings (SSSR count). The highest BCUT2D eigenvalue weighted by Gasteiger charge is 2.25. The van der Waals surface area contributed by atoms with Crippen LogP contribution in [0.15, 0.2) is 30.5 Å². The molecular formula is C15H20N2O2. The molecule has 0 saturated carbocycles. The van der Waals surface area contributed by atoms with E-state index in [4.69, 9.17) is 0 Å². The summed E-state index contributed by atoms with van der Waals surface area (Å²) in [4.78, 5) is 15.2. The molecule has 1 heterocycles. The number of benzene rings is 1. The lowest BCUT2D eigenvalue weighted by atomic mass is 9.92. The topological polar surface area (TPSA) is 65.1 Å². The van der Waals surface area contributed by atoms with Crippen molar-refractivity contribution < 1.29 is 9.90 Å². The number of amides is 1. The third-order valence-electron chi connectivity index (χ3n) is 3.68. The predicted octanol–water partition coefficient (Wildman–Crippen LogP) is 2.30. The van der Waals surface area contributed by atoms with Gasteiger partial charge in [0.1, 0.15) is 0 Å². The van der Waals surface area contributed by atoms with Crippen LogP contribution in [0.4, 0.5) is 0 Å². The van der Waals surface area contributed by atoms with Crippen LogP contribution >= 0.6 is 0 Å². The van der Waals surface area contributed by atoms with Crippen molar-refractivity contribution in [2.24, 2.45) is 5.92 Å². The van der Waals surface area contributed by atoms with Gasteiger partial charge in [-0.3, -0.25) is 4.79 Å². The van der Waals surface area contributed by atoms with E-state index in [-0.39, 0.29) is 18.4 Å². The minimum atomic E-state index is -0.903. The molecule has 0 bridgehead atoms. The molecule has 3 N–H and O–H groups in total. The number of aromatic amines is 1. The van der Waals surface area contributed by atoms with E-state index in [1.807, 2.05) is 38.2 Å². The Morgan fingerprint density at radius 3 is 2.84 bits per heavy atom. The third kappa shape index (κ3) is 2.79. The van der Waals surface area contributed by atoms with E-state index in [0.29, 0.717) is 5.56 Å². The second kappa shape index (κ2) is 5.05. The van der Waals surface area contributed by atoms with Crippen LogP contribution in [-0.2, 0) is 0 Å². The average Bonchev–Trinajstić information content (AvgIpc) is 2.83. The minimum absolute atomic E-state index is 0.0779. The van der Waals surface area contributed by atoms with E-state index >= 15 is 0 Å². The van der Waals surface area contributed by atoms with Gasteiger partial charge in [-0.05, 0) is 25.0 Å². The van der Waals surface area contributed by atoms with Gasteiger partial charge in [0.25, 0.3) is 5.91 Å². The molecule has 1 amide bonds. The first-order valence-corrected chi connectivity index (χ1v) is 6.48. The fraction of sp³-hybridized carbons (Fsp3) is 0.400. The van der Waals surface area contributed by atoms with Crippen molar-refractivity contribution in [3.8, 4) is 0 Å². The summed E-state index contributed by atoms with van der Waals surface area (Å²) < 4.78 is 0. The molecule has 1 atom stereocenters. The smallest absolute Gasteiger partial charge is 0.253 e. The molecule has 0 saturated heterocycles. The Hall–Kier alpha value is -1.81. The van der Waals surface area contributed by atoms with Gasteiger partial charge >= 0.3 is 0 Å². The van der Waals surface area contributed by atoms with E-state index in [0.717, 1.165) is 10.9 Å². The Balaban J connectivity index is 2.15. The Kier molecular flexibility index (Phi) is 3.62. The highest BCUT2D eigenvalue weighted by atomic mass is 16.3. The Morgan fingerprint density at radius 2 is 2.16 bits per heavy atom. The van der Waals surface area contributed by atoms with Gasteiger partial charge in [0, 0.05) is 18.1 Å². The zero-order valence-corrected chi connectivity index (χ0v) is 11.5. The van der Waals surface area contributed by atoms with Crippen LogP contribution in [0.1, 0.15) is 31.1 Å². The maximum atomic E-state index is 12.2. The molecule has 2 aromatic rings. The van der Waals surface area contributed by atoms with Gasteiger partial charge in [-0.15, -0.1) is 0 Å². The maximum absolute atomic E-state index is 12.2. The standard InChI is InChI=1S/C15H20N2O2/c1-10(2)15(3,19)9-17-14(18)12-6-4-5-11-7-8-16-13(11)12/h4-8,10,16,19H,9H2,1-3H3,(H,17,18). The maximum Gasteiger partial charge on any atom is 0.253 e. The predicted molar refractivity (Wildman–Crippen MR) is 76.1 cm³/mol. The second-order valence-electron chi connectivity index (χ2n) is 5.44. The lowest BCUT2D eigenvalue weighted by molar-refractivity contribution is 0.0142. The molecule has 1 unspecified atom stereocenters. The highest BCUT2D eigenvalue weighted by molar-refractivity contribution is 6.05. The summed E-state index contributed by atoms with van der Waals surface area (Å²) in [6.07, 6.45) is 1.81. The van der Waals surface area contributed by atoms with Crippen molar-refractivity contribution >= 4 is 16.8 Å². The largest absolute Gasteiger partial charge is 0.388 e. The number of carbonyl (C=O) groups is 1. The Morgan fingerprint density at radius 1 is 1.42 bits per heavy atom. The van der Waals surface area contributed by atoms with Gasteiger partial charge in [0.2, 0.25) is 0 Å². The van der Waals surface area contributed by atoms with E-state index in [1.165, 1.54) is 0 Å². The average molecular weight is 260 g/mol. The zero-order chi connectivity index (χ0) is 14.0. The van der Waals surface area contributed by atoms with Gasteiger partial charge < -0.3 is 15.4 Å². The van der Waals surface area contributed by atoms with Crippen molar-refractivity contribution in [2.75, 3.05) is 6.54 Å². The van der Waals surface area contributed by atoms with E-state index in [1.54, 1.807) is 13.0 Å². The summed E-state index contributed by atoms with van der Waals surface area (Å²) in [5, 5.41) is 13.9. The van der Waals surface area contributed by atoms with E-state index in [2.05, 4.69) is 10.3 Å². The van der Waals surface area contributed by atoms with E-state index in [9.17, 15) is 9.90 Å². The fourth-order valence-corrected chi connectivity index (χ4v) is 1.83. The molecule has 19 heavy (non-hydrogen) atoms. The van der Waals surface area contributed by atoms with Crippen molar-refractivity contribution in [2.45, 2.75) is 26.4 Å². The first-order valence-electron chi connectivity index (χ1n) is 6.48. The number of aliphatic hydroxyl groups is 1. The molecule has 1 aromatic heterocycles.